The predicted molar refractivity (Wildman–Crippen MR) is 112 cm³/mol. The maximum atomic E-state index is 13.4. The average molecular weight is 401 g/mol. The first-order chi connectivity index (χ1) is 13.4. The molecule has 0 fully saturated rings. The van der Waals surface area contributed by atoms with Crippen molar-refractivity contribution in [3.8, 4) is 0 Å². The molecule has 1 N–H and O–H groups in total. The van der Waals surface area contributed by atoms with E-state index in [-0.39, 0.29) is 10.8 Å². The molecule has 0 saturated carbocycles. The SMILES string of the molecule is CCCCCCNC(=O)C1Cc2ccccc2N1S(=O)(=O)c1ccc(C)cc1. The third-order valence-corrected chi connectivity index (χ3v) is 6.97. The van der Waals surface area contributed by atoms with Crippen molar-refractivity contribution in [3.05, 3.63) is 59.7 Å². The second-order valence-corrected chi connectivity index (χ2v) is 9.13. The summed E-state index contributed by atoms with van der Waals surface area (Å²) < 4.78 is 28.1. The van der Waals surface area contributed by atoms with Gasteiger partial charge in [0.1, 0.15) is 6.04 Å². The molecule has 1 heterocycles. The second kappa shape index (κ2) is 8.78. The minimum Gasteiger partial charge on any atom is -0.354 e. The number of rotatable bonds is 8. The summed E-state index contributed by atoms with van der Waals surface area (Å²) in [4.78, 5) is 13.1. The fourth-order valence-corrected chi connectivity index (χ4v) is 5.21. The smallest absolute Gasteiger partial charge is 0.265 e. The predicted octanol–water partition coefficient (Wildman–Crippen LogP) is 3.81. The van der Waals surface area contributed by atoms with Crippen LogP contribution in [0.5, 0.6) is 0 Å². The first kappa shape index (κ1) is 20.4. The highest BCUT2D eigenvalue weighted by molar-refractivity contribution is 7.93. The molecule has 2 aromatic rings. The number of sulfonamides is 1. The number of unbranched alkanes of at least 4 members (excludes halogenated alkanes) is 3. The number of carbonyl (C=O) groups is 1. The van der Waals surface area contributed by atoms with Gasteiger partial charge in [-0.1, -0.05) is 62.1 Å². The fourth-order valence-electron chi connectivity index (χ4n) is 3.56. The molecule has 1 aliphatic rings. The molecule has 3 rings (SSSR count). The Balaban J connectivity index is 1.86. The number of hydrogen-bond acceptors (Lipinski definition) is 3. The van der Waals surface area contributed by atoms with Crippen LogP contribution in [0.4, 0.5) is 5.69 Å². The third kappa shape index (κ3) is 4.22. The van der Waals surface area contributed by atoms with E-state index in [1.54, 1.807) is 30.3 Å². The lowest BCUT2D eigenvalue weighted by Crippen LogP contribution is -2.48. The van der Waals surface area contributed by atoms with Crippen LogP contribution >= 0.6 is 0 Å². The summed E-state index contributed by atoms with van der Waals surface area (Å²) in [6, 6.07) is 13.3. The Kier molecular flexibility index (Phi) is 6.39. The number of para-hydroxylation sites is 1. The molecule has 1 aliphatic heterocycles. The van der Waals surface area contributed by atoms with E-state index >= 15 is 0 Å². The van der Waals surface area contributed by atoms with E-state index in [0.29, 0.717) is 18.7 Å². The molecular weight excluding hydrogens is 372 g/mol. The van der Waals surface area contributed by atoms with Gasteiger partial charge >= 0.3 is 0 Å². The van der Waals surface area contributed by atoms with Gasteiger partial charge in [0.2, 0.25) is 5.91 Å². The topological polar surface area (TPSA) is 66.5 Å². The Morgan fingerprint density at radius 2 is 1.79 bits per heavy atom. The van der Waals surface area contributed by atoms with Crippen LogP contribution < -0.4 is 9.62 Å². The quantitative estimate of drug-likeness (QED) is 0.685. The molecule has 150 valence electrons. The highest BCUT2D eigenvalue weighted by Gasteiger charge is 2.41. The number of nitrogens with zero attached hydrogens (tertiary/aromatic N) is 1. The van der Waals surface area contributed by atoms with Crippen molar-refractivity contribution >= 4 is 21.6 Å². The number of aryl methyl sites for hydroxylation is 1. The molecule has 1 unspecified atom stereocenters. The average Bonchev–Trinajstić information content (AvgIpc) is 3.08. The molecule has 1 atom stereocenters. The Labute approximate surface area is 167 Å². The van der Waals surface area contributed by atoms with Crippen molar-refractivity contribution in [2.75, 3.05) is 10.8 Å². The van der Waals surface area contributed by atoms with E-state index in [9.17, 15) is 13.2 Å². The van der Waals surface area contributed by atoms with E-state index in [1.807, 2.05) is 25.1 Å². The van der Waals surface area contributed by atoms with Gasteiger partial charge in [0, 0.05) is 13.0 Å². The molecule has 6 heteroatoms. The van der Waals surface area contributed by atoms with Gasteiger partial charge in [-0.05, 0) is 37.1 Å². The van der Waals surface area contributed by atoms with E-state index in [0.717, 1.165) is 36.8 Å². The number of fused-ring (bicyclic) bond motifs is 1. The normalized spacial score (nSPS) is 16.1. The standard InChI is InChI=1S/C22H28N2O3S/c1-3-4-5-8-15-23-22(25)21-16-18-9-6-7-10-20(18)24(21)28(26,27)19-13-11-17(2)12-14-19/h6-7,9-14,21H,3-5,8,15-16H2,1-2H3,(H,23,25). The lowest BCUT2D eigenvalue weighted by molar-refractivity contribution is -0.122. The second-order valence-electron chi connectivity index (χ2n) is 7.31. The summed E-state index contributed by atoms with van der Waals surface area (Å²) in [5.41, 5.74) is 2.46. The van der Waals surface area contributed by atoms with Gasteiger partial charge in [0.25, 0.3) is 10.0 Å². The van der Waals surface area contributed by atoms with Crippen molar-refractivity contribution in [2.24, 2.45) is 0 Å². The maximum absolute atomic E-state index is 13.4. The van der Waals surface area contributed by atoms with Crippen LogP contribution in [0, 0.1) is 6.92 Å². The van der Waals surface area contributed by atoms with Gasteiger partial charge in [0.15, 0.2) is 0 Å². The summed E-state index contributed by atoms with van der Waals surface area (Å²) in [6.45, 7) is 4.63. The van der Waals surface area contributed by atoms with Gasteiger partial charge in [0.05, 0.1) is 10.6 Å². The van der Waals surface area contributed by atoms with Gasteiger partial charge < -0.3 is 5.32 Å². The monoisotopic (exact) mass is 400 g/mol. The Morgan fingerprint density at radius 1 is 1.07 bits per heavy atom. The number of amides is 1. The molecule has 1 amide bonds. The highest BCUT2D eigenvalue weighted by Crippen LogP contribution is 2.36. The van der Waals surface area contributed by atoms with Crippen molar-refractivity contribution in [3.63, 3.8) is 0 Å². The van der Waals surface area contributed by atoms with Crippen LogP contribution in [0.2, 0.25) is 0 Å². The molecule has 28 heavy (non-hydrogen) atoms. The van der Waals surface area contributed by atoms with Crippen LogP contribution in [0.3, 0.4) is 0 Å². The Bertz CT molecular complexity index is 923. The van der Waals surface area contributed by atoms with Crippen LogP contribution in [0.15, 0.2) is 53.4 Å². The molecule has 0 radical (unpaired) electrons. The highest BCUT2D eigenvalue weighted by atomic mass is 32.2. The van der Waals surface area contributed by atoms with E-state index < -0.39 is 16.1 Å². The lowest BCUT2D eigenvalue weighted by Gasteiger charge is -2.26. The van der Waals surface area contributed by atoms with Gasteiger partial charge in [-0.25, -0.2) is 8.42 Å². The van der Waals surface area contributed by atoms with E-state index in [1.165, 1.54) is 4.31 Å². The van der Waals surface area contributed by atoms with Gasteiger partial charge in [-0.3, -0.25) is 9.10 Å². The van der Waals surface area contributed by atoms with Gasteiger partial charge in [-0.2, -0.15) is 0 Å². The zero-order valence-electron chi connectivity index (χ0n) is 16.5. The summed E-state index contributed by atoms with van der Waals surface area (Å²) in [7, 11) is -3.83. The zero-order chi connectivity index (χ0) is 20.1. The fraction of sp³-hybridized carbons (Fsp3) is 0.409. The summed E-state index contributed by atoms with van der Waals surface area (Å²) in [5, 5.41) is 2.94. The lowest BCUT2D eigenvalue weighted by atomic mass is 10.1. The molecule has 0 spiro atoms. The molecule has 2 aromatic carbocycles. The Hall–Kier alpha value is -2.34. The first-order valence-corrected chi connectivity index (χ1v) is 11.4. The van der Waals surface area contributed by atoms with Crippen LogP contribution in [-0.4, -0.2) is 26.9 Å². The minimum atomic E-state index is -3.83. The molecular formula is C22H28N2O3S. The van der Waals surface area contributed by atoms with Crippen molar-refractivity contribution in [1.29, 1.82) is 0 Å². The number of nitrogens with one attached hydrogen (secondary N) is 1. The Morgan fingerprint density at radius 3 is 2.50 bits per heavy atom. The van der Waals surface area contributed by atoms with Crippen LogP contribution in [0.1, 0.15) is 43.7 Å². The van der Waals surface area contributed by atoms with Crippen molar-refractivity contribution in [2.45, 2.75) is 56.9 Å². The van der Waals surface area contributed by atoms with Crippen LogP contribution in [-0.2, 0) is 21.2 Å². The summed E-state index contributed by atoms with van der Waals surface area (Å²) >= 11 is 0. The zero-order valence-corrected chi connectivity index (χ0v) is 17.3. The first-order valence-electron chi connectivity index (χ1n) is 9.92. The molecule has 0 aromatic heterocycles. The van der Waals surface area contributed by atoms with Crippen molar-refractivity contribution in [1.82, 2.24) is 5.32 Å². The maximum Gasteiger partial charge on any atom is 0.265 e. The van der Waals surface area contributed by atoms with Crippen molar-refractivity contribution < 1.29 is 13.2 Å². The minimum absolute atomic E-state index is 0.204. The van der Waals surface area contributed by atoms with Crippen LogP contribution in [0.25, 0.3) is 0 Å². The molecule has 0 saturated heterocycles. The largest absolute Gasteiger partial charge is 0.354 e. The molecule has 0 aliphatic carbocycles. The number of anilines is 1. The summed E-state index contributed by atoms with van der Waals surface area (Å²) in [5.74, 6) is -0.233. The molecule has 5 nitrogen and oxygen atoms in total. The van der Waals surface area contributed by atoms with E-state index in [4.69, 9.17) is 0 Å². The number of benzene rings is 2. The van der Waals surface area contributed by atoms with Gasteiger partial charge in [-0.15, -0.1) is 0 Å². The van der Waals surface area contributed by atoms with E-state index in [2.05, 4.69) is 12.2 Å². The molecule has 0 bridgehead atoms. The summed E-state index contributed by atoms with van der Waals surface area (Å²) in [6.07, 6.45) is 4.63. The number of hydrogen-bond donors (Lipinski definition) is 1. The third-order valence-electron chi connectivity index (χ3n) is 5.14. The number of carbonyl (C=O) groups excluding carboxylic acids is 1.